The maximum Gasteiger partial charge on any atom is 0.236 e. The van der Waals surface area contributed by atoms with E-state index in [0.29, 0.717) is 26.1 Å². The van der Waals surface area contributed by atoms with Crippen LogP contribution in [0.3, 0.4) is 0 Å². The summed E-state index contributed by atoms with van der Waals surface area (Å²) in [4.78, 5) is 7.80. The van der Waals surface area contributed by atoms with Crippen molar-refractivity contribution in [2.75, 3.05) is 0 Å². The maximum atomic E-state index is 5.86. The van der Waals surface area contributed by atoms with Gasteiger partial charge in [0.1, 0.15) is 12.1 Å². The van der Waals surface area contributed by atoms with E-state index in [1.54, 1.807) is 24.4 Å². The summed E-state index contributed by atoms with van der Waals surface area (Å²) in [6.07, 6.45) is 3.00. The quantitative estimate of drug-likeness (QED) is 0.826. The van der Waals surface area contributed by atoms with E-state index in [9.17, 15) is 0 Å². The summed E-state index contributed by atoms with van der Waals surface area (Å²) >= 11 is 14.9. The lowest BCUT2D eigenvalue weighted by Gasteiger charge is -2.06. The molecule has 0 spiro atoms. The molecule has 0 bridgehead atoms. The van der Waals surface area contributed by atoms with Crippen LogP contribution in [-0.4, -0.2) is 9.97 Å². The molecule has 0 aliphatic rings. The van der Waals surface area contributed by atoms with E-state index in [-0.39, 0.29) is 0 Å². The summed E-state index contributed by atoms with van der Waals surface area (Å²) in [6, 6.07) is 5.00. The van der Waals surface area contributed by atoms with E-state index in [1.807, 2.05) is 0 Å². The van der Waals surface area contributed by atoms with Gasteiger partial charge in [-0.1, -0.05) is 23.2 Å². The topological polar surface area (TPSA) is 35.0 Å². The number of halogens is 3. The fourth-order valence-corrected chi connectivity index (χ4v) is 1.62. The summed E-state index contributed by atoms with van der Waals surface area (Å²) < 4.78 is 6.17. The zero-order valence-electron chi connectivity index (χ0n) is 7.82. The second-order valence-corrected chi connectivity index (χ2v) is 4.52. The molecule has 0 radical (unpaired) electrons. The van der Waals surface area contributed by atoms with Crippen LogP contribution in [0, 0.1) is 0 Å². The van der Waals surface area contributed by atoms with Gasteiger partial charge in [0.05, 0.1) is 14.5 Å². The third-order valence-corrected chi connectivity index (χ3v) is 3.02. The van der Waals surface area contributed by atoms with Gasteiger partial charge in [-0.25, -0.2) is 9.97 Å². The average molecular weight is 320 g/mol. The molecular formula is C10H5BrCl2N2O. The predicted molar refractivity (Wildman–Crippen MR) is 66.3 cm³/mol. The standard InChI is InChI=1S/C10H5BrCl2N2O/c11-7-4-14-5-15-10(7)16-6-1-2-8(12)9(13)3-6/h1-5H. The van der Waals surface area contributed by atoms with Crippen molar-refractivity contribution in [2.45, 2.75) is 0 Å². The number of hydrogen-bond acceptors (Lipinski definition) is 3. The van der Waals surface area contributed by atoms with Crippen molar-refractivity contribution in [3.8, 4) is 11.6 Å². The van der Waals surface area contributed by atoms with Gasteiger partial charge in [0, 0.05) is 12.3 Å². The Hall–Kier alpha value is -0.840. The molecule has 0 aliphatic carbocycles. The maximum absolute atomic E-state index is 5.86. The van der Waals surface area contributed by atoms with Gasteiger partial charge in [-0.05, 0) is 28.1 Å². The molecule has 6 heteroatoms. The normalized spacial score (nSPS) is 10.2. The first-order valence-electron chi connectivity index (χ1n) is 4.25. The fourth-order valence-electron chi connectivity index (χ4n) is 1.03. The zero-order valence-corrected chi connectivity index (χ0v) is 10.9. The van der Waals surface area contributed by atoms with Gasteiger partial charge in [0.15, 0.2) is 0 Å². The van der Waals surface area contributed by atoms with E-state index < -0.39 is 0 Å². The third kappa shape index (κ3) is 2.64. The lowest BCUT2D eigenvalue weighted by molar-refractivity contribution is 0.458. The van der Waals surface area contributed by atoms with Gasteiger partial charge in [-0.2, -0.15) is 0 Å². The number of hydrogen-bond donors (Lipinski definition) is 0. The molecule has 2 aromatic rings. The van der Waals surface area contributed by atoms with Gasteiger partial charge in [-0.3, -0.25) is 0 Å². The Morgan fingerprint density at radius 3 is 2.69 bits per heavy atom. The number of ether oxygens (including phenoxy) is 1. The second-order valence-electron chi connectivity index (χ2n) is 2.85. The minimum Gasteiger partial charge on any atom is -0.438 e. The van der Waals surface area contributed by atoms with Gasteiger partial charge in [-0.15, -0.1) is 0 Å². The van der Waals surface area contributed by atoms with Crippen LogP contribution < -0.4 is 4.74 Å². The van der Waals surface area contributed by atoms with Crippen molar-refractivity contribution < 1.29 is 4.74 Å². The van der Waals surface area contributed by atoms with Crippen LogP contribution >= 0.6 is 39.1 Å². The van der Waals surface area contributed by atoms with Crippen molar-refractivity contribution in [3.63, 3.8) is 0 Å². The van der Waals surface area contributed by atoms with Gasteiger partial charge in [0.2, 0.25) is 5.88 Å². The molecule has 0 atom stereocenters. The lowest BCUT2D eigenvalue weighted by Crippen LogP contribution is -1.89. The molecular weight excluding hydrogens is 315 g/mol. The summed E-state index contributed by atoms with van der Waals surface area (Å²) in [5.74, 6) is 0.988. The largest absolute Gasteiger partial charge is 0.438 e. The molecule has 1 heterocycles. The van der Waals surface area contributed by atoms with Crippen molar-refractivity contribution in [3.05, 3.63) is 45.2 Å². The van der Waals surface area contributed by atoms with Crippen LogP contribution in [0.4, 0.5) is 0 Å². The molecule has 82 valence electrons. The van der Waals surface area contributed by atoms with Crippen LogP contribution in [0.15, 0.2) is 35.2 Å². The Kier molecular flexibility index (Phi) is 3.63. The Bertz CT molecular complexity index is 522. The Morgan fingerprint density at radius 1 is 1.19 bits per heavy atom. The molecule has 0 fully saturated rings. The second kappa shape index (κ2) is 4.99. The van der Waals surface area contributed by atoms with Gasteiger partial charge < -0.3 is 4.74 Å². The fraction of sp³-hybridized carbons (Fsp3) is 0. The van der Waals surface area contributed by atoms with Crippen LogP contribution in [0.1, 0.15) is 0 Å². The van der Waals surface area contributed by atoms with Gasteiger partial charge >= 0.3 is 0 Å². The Balaban J connectivity index is 2.28. The number of aromatic nitrogens is 2. The molecule has 0 saturated heterocycles. The first-order valence-corrected chi connectivity index (χ1v) is 5.80. The summed E-state index contributed by atoms with van der Waals surface area (Å²) in [6.45, 7) is 0. The SMILES string of the molecule is Clc1ccc(Oc2ncncc2Br)cc1Cl. The molecule has 0 unspecified atom stereocenters. The Morgan fingerprint density at radius 2 is 2.00 bits per heavy atom. The molecule has 2 rings (SSSR count). The molecule has 1 aromatic carbocycles. The number of nitrogens with zero attached hydrogens (tertiary/aromatic N) is 2. The first-order chi connectivity index (χ1) is 7.66. The minimum atomic E-state index is 0.424. The highest BCUT2D eigenvalue weighted by Gasteiger charge is 2.05. The highest BCUT2D eigenvalue weighted by molar-refractivity contribution is 9.10. The molecule has 0 aliphatic heterocycles. The molecule has 3 nitrogen and oxygen atoms in total. The minimum absolute atomic E-state index is 0.424. The monoisotopic (exact) mass is 318 g/mol. The van der Waals surface area contributed by atoms with Gasteiger partial charge in [0.25, 0.3) is 0 Å². The van der Waals surface area contributed by atoms with E-state index in [4.69, 9.17) is 27.9 Å². The summed E-state index contributed by atoms with van der Waals surface area (Å²) in [7, 11) is 0. The lowest BCUT2D eigenvalue weighted by atomic mass is 10.3. The van der Waals surface area contributed by atoms with E-state index >= 15 is 0 Å². The number of benzene rings is 1. The van der Waals surface area contributed by atoms with Crippen LogP contribution in [0.2, 0.25) is 10.0 Å². The van der Waals surface area contributed by atoms with Crippen LogP contribution in [0.25, 0.3) is 0 Å². The molecule has 16 heavy (non-hydrogen) atoms. The van der Waals surface area contributed by atoms with E-state index in [1.165, 1.54) is 6.33 Å². The molecule has 0 amide bonds. The highest BCUT2D eigenvalue weighted by atomic mass is 79.9. The van der Waals surface area contributed by atoms with E-state index in [2.05, 4.69) is 25.9 Å². The molecule has 0 N–H and O–H groups in total. The Labute approximate surface area is 111 Å². The summed E-state index contributed by atoms with van der Waals surface area (Å²) in [5.41, 5.74) is 0. The van der Waals surface area contributed by atoms with Crippen molar-refractivity contribution in [1.29, 1.82) is 0 Å². The van der Waals surface area contributed by atoms with Crippen LogP contribution in [0.5, 0.6) is 11.6 Å². The van der Waals surface area contributed by atoms with Crippen molar-refractivity contribution in [1.82, 2.24) is 9.97 Å². The zero-order chi connectivity index (χ0) is 11.5. The third-order valence-electron chi connectivity index (χ3n) is 1.74. The molecule has 0 saturated carbocycles. The predicted octanol–water partition coefficient (Wildman–Crippen LogP) is 4.34. The van der Waals surface area contributed by atoms with Crippen LogP contribution in [-0.2, 0) is 0 Å². The van der Waals surface area contributed by atoms with Crippen molar-refractivity contribution in [2.24, 2.45) is 0 Å². The molecule has 1 aromatic heterocycles. The van der Waals surface area contributed by atoms with Crippen molar-refractivity contribution >= 4 is 39.1 Å². The number of rotatable bonds is 2. The first kappa shape index (κ1) is 11.6. The highest BCUT2D eigenvalue weighted by Crippen LogP contribution is 2.30. The van der Waals surface area contributed by atoms with E-state index in [0.717, 1.165) is 0 Å². The average Bonchev–Trinajstić information content (AvgIpc) is 2.27. The summed E-state index contributed by atoms with van der Waals surface area (Å²) in [5, 5.41) is 0.917. The smallest absolute Gasteiger partial charge is 0.236 e.